The molecule has 29 heavy (non-hydrogen) atoms. The third-order valence-corrected chi connectivity index (χ3v) is 5.53. The molecular weight excluding hydrogens is 394 g/mol. The van der Waals surface area contributed by atoms with Gasteiger partial charge in [0.05, 0.1) is 0 Å². The first-order valence-electron chi connectivity index (χ1n) is 9.35. The number of piperidine rings is 1. The van der Waals surface area contributed by atoms with Crippen LogP contribution in [-0.4, -0.2) is 41.4 Å². The average molecular weight is 414 g/mol. The van der Waals surface area contributed by atoms with Gasteiger partial charge in [0.2, 0.25) is 0 Å². The Bertz CT molecular complexity index is 970. The van der Waals surface area contributed by atoms with Crippen molar-refractivity contribution in [1.29, 1.82) is 0 Å². The van der Waals surface area contributed by atoms with E-state index in [9.17, 15) is 14.4 Å². The van der Waals surface area contributed by atoms with E-state index in [1.165, 1.54) is 0 Å². The summed E-state index contributed by atoms with van der Waals surface area (Å²) in [7, 11) is 0. The maximum atomic E-state index is 12.9. The molecule has 2 aromatic rings. The quantitative estimate of drug-likeness (QED) is 0.754. The molecule has 4 amide bonds. The Labute approximate surface area is 173 Å². The number of benzene rings is 2. The maximum Gasteiger partial charge on any atom is 0.322 e. The standard InChI is InChI=1S/C21H20ClN3O4/c22-16-5-1-3-14(11-16)13-29-17-6-2-4-15(12-17)18(26)25-9-7-21(8-10-25)19(27)23-20(28)24-21/h1-6,11-12H,7-10,13H2,(H2,23,24,27,28). The van der Waals surface area contributed by atoms with Gasteiger partial charge in [-0.05, 0) is 48.7 Å². The number of ether oxygens (including phenoxy) is 1. The summed E-state index contributed by atoms with van der Waals surface area (Å²) >= 11 is 5.99. The number of hydrogen-bond acceptors (Lipinski definition) is 4. The Morgan fingerprint density at radius 1 is 1.10 bits per heavy atom. The van der Waals surface area contributed by atoms with Crippen LogP contribution < -0.4 is 15.4 Å². The van der Waals surface area contributed by atoms with Crippen molar-refractivity contribution >= 4 is 29.4 Å². The van der Waals surface area contributed by atoms with Crippen LogP contribution >= 0.6 is 11.6 Å². The van der Waals surface area contributed by atoms with Crippen LogP contribution in [0.1, 0.15) is 28.8 Å². The minimum Gasteiger partial charge on any atom is -0.489 e. The Morgan fingerprint density at radius 2 is 1.86 bits per heavy atom. The molecule has 8 heteroatoms. The molecule has 2 heterocycles. The fourth-order valence-corrected chi connectivity index (χ4v) is 3.88. The van der Waals surface area contributed by atoms with Crippen molar-refractivity contribution < 1.29 is 19.1 Å². The Morgan fingerprint density at radius 3 is 2.55 bits per heavy atom. The smallest absolute Gasteiger partial charge is 0.322 e. The Kier molecular flexibility index (Phi) is 5.15. The Hall–Kier alpha value is -3.06. The molecule has 2 saturated heterocycles. The zero-order valence-corrected chi connectivity index (χ0v) is 16.4. The molecule has 150 valence electrons. The number of rotatable bonds is 4. The molecule has 0 unspecified atom stereocenters. The number of imide groups is 1. The van der Waals surface area contributed by atoms with Gasteiger partial charge in [-0.25, -0.2) is 4.79 Å². The summed E-state index contributed by atoms with van der Waals surface area (Å²) in [6, 6.07) is 14.0. The summed E-state index contributed by atoms with van der Waals surface area (Å²) in [5.41, 5.74) is 0.562. The summed E-state index contributed by atoms with van der Waals surface area (Å²) in [6.45, 7) is 1.12. The van der Waals surface area contributed by atoms with Gasteiger partial charge in [-0.3, -0.25) is 14.9 Å². The Balaban J connectivity index is 1.39. The number of likely N-dealkylation sites (tertiary alicyclic amines) is 1. The molecule has 2 aliphatic heterocycles. The van der Waals surface area contributed by atoms with Crippen molar-refractivity contribution in [2.45, 2.75) is 25.0 Å². The lowest BCUT2D eigenvalue weighted by molar-refractivity contribution is -0.125. The molecule has 0 aliphatic carbocycles. The van der Waals surface area contributed by atoms with Gasteiger partial charge < -0.3 is 15.0 Å². The topological polar surface area (TPSA) is 87.7 Å². The molecule has 0 radical (unpaired) electrons. The van der Waals surface area contributed by atoms with Gasteiger partial charge in [0.15, 0.2) is 0 Å². The largest absolute Gasteiger partial charge is 0.489 e. The number of urea groups is 1. The van der Waals surface area contributed by atoms with E-state index in [4.69, 9.17) is 16.3 Å². The highest BCUT2D eigenvalue weighted by atomic mass is 35.5. The van der Waals surface area contributed by atoms with E-state index in [-0.39, 0.29) is 11.8 Å². The van der Waals surface area contributed by atoms with Crippen molar-refractivity contribution in [3.8, 4) is 5.75 Å². The fourth-order valence-electron chi connectivity index (χ4n) is 3.67. The number of hydrogen-bond donors (Lipinski definition) is 2. The van der Waals surface area contributed by atoms with Crippen molar-refractivity contribution in [3.63, 3.8) is 0 Å². The van der Waals surface area contributed by atoms with Crippen LogP contribution in [0.15, 0.2) is 48.5 Å². The van der Waals surface area contributed by atoms with Crippen molar-refractivity contribution in [2.75, 3.05) is 13.1 Å². The van der Waals surface area contributed by atoms with E-state index in [0.717, 1.165) is 5.56 Å². The molecule has 2 aromatic carbocycles. The van der Waals surface area contributed by atoms with Crippen molar-refractivity contribution in [1.82, 2.24) is 15.5 Å². The zero-order valence-electron chi connectivity index (χ0n) is 15.6. The molecule has 2 N–H and O–H groups in total. The molecule has 2 fully saturated rings. The molecule has 0 atom stereocenters. The van der Waals surface area contributed by atoms with Crippen LogP contribution in [0.3, 0.4) is 0 Å². The molecule has 0 aromatic heterocycles. The zero-order chi connectivity index (χ0) is 20.4. The van der Waals surface area contributed by atoms with Gasteiger partial charge in [0.1, 0.15) is 17.9 Å². The molecule has 2 aliphatic rings. The molecule has 0 saturated carbocycles. The molecule has 4 rings (SSSR count). The summed E-state index contributed by atoms with van der Waals surface area (Å²) in [5.74, 6) is 0.149. The van der Waals surface area contributed by atoms with Gasteiger partial charge in [-0.15, -0.1) is 0 Å². The van der Waals surface area contributed by atoms with Gasteiger partial charge in [-0.1, -0.05) is 29.8 Å². The summed E-state index contributed by atoms with van der Waals surface area (Å²) in [5, 5.41) is 5.61. The lowest BCUT2D eigenvalue weighted by Gasteiger charge is -2.37. The lowest BCUT2D eigenvalue weighted by atomic mass is 9.87. The highest BCUT2D eigenvalue weighted by molar-refractivity contribution is 6.30. The number of amides is 4. The number of halogens is 1. The second-order valence-corrected chi connectivity index (χ2v) is 7.67. The van der Waals surface area contributed by atoms with E-state index in [2.05, 4.69) is 10.6 Å². The first-order chi connectivity index (χ1) is 13.9. The highest BCUT2D eigenvalue weighted by Gasteiger charge is 2.48. The second kappa shape index (κ2) is 7.75. The minimum atomic E-state index is -0.893. The summed E-state index contributed by atoms with van der Waals surface area (Å²) < 4.78 is 5.80. The fraction of sp³-hybridized carbons (Fsp3) is 0.286. The first-order valence-corrected chi connectivity index (χ1v) is 9.73. The number of carbonyl (C=O) groups is 3. The van der Waals surface area contributed by atoms with Gasteiger partial charge in [-0.2, -0.15) is 0 Å². The van der Waals surface area contributed by atoms with Crippen LogP contribution in [0, 0.1) is 0 Å². The third-order valence-electron chi connectivity index (χ3n) is 5.29. The lowest BCUT2D eigenvalue weighted by Crippen LogP contribution is -2.55. The van der Waals surface area contributed by atoms with E-state index in [1.807, 2.05) is 18.2 Å². The normalized spacial score (nSPS) is 17.8. The SMILES string of the molecule is O=C1NC(=O)C2(CCN(C(=O)c3cccc(OCc4cccc(Cl)c4)c3)CC2)N1. The van der Waals surface area contributed by atoms with Crippen LogP contribution in [0.25, 0.3) is 0 Å². The summed E-state index contributed by atoms with van der Waals surface area (Å²) in [4.78, 5) is 38.1. The van der Waals surface area contributed by atoms with Gasteiger partial charge in [0, 0.05) is 23.7 Å². The average Bonchev–Trinajstić information content (AvgIpc) is 2.99. The monoisotopic (exact) mass is 413 g/mol. The third kappa shape index (κ3) is 4.05. The van der Waals surface area contributed by atoms with Crippen molar-refractivity contribution in [3.05, 3.63) is 64.7 Å². The minimum absolute atomic E-state index is 0.127. The first kappa shape index (κ1) is 19.3. The van der Waals surface area contributed by atoms with Crippen LogP contribution in [0.5, 0.6) is 5.75 Å². The summed E-state index contributed by atoms with van der Waals surface area (Å²) in [6.07, 6.45) is 0.780. The van der Waals surface area contributed by atoms with E-state index >= 15 is 0 Å². The highest BCUT2D eigenvalue weighted by Crippen LogP contribution is 2.27. The maximum absolute atomic E-state index is 12.9. The second-order valence-electron chi connectivity index (χ2n) is 7.23. The molecule has 1 spiro atoms. The van der Waals surface area contributed by atoms with Crippen LogP contribution in [0.4, 0.5) is 4.79 Å². The van der Waals surface area contributed by atoms with E-state index in [1.54, 1.807) is 35.2 Å². The molecular formula is C21H20ClN3O4. The van der Waals surface area contributed by atoms with Gasteiger partial charge in [0.25, 0.3) is 11.8 Å². The number of nitrogens with one attached hydrogen (secondary N) is 2. The predicted molar refractivity (Wildman–Crippen MR) is 107 cm³/mol. The van der Waals surface area contributed by atoms with Crippen LogP contribution in [0.2, 0.25) is 5.02 Å². The van der Waals surface area contributed by atoms with E-state index in [0.29, 0.717) is 48.9 Å². The van der Waals surface area contributed by atoms with Crippen molar-refractivity contribution in [2.24, 2.45) is 0 Å². The molecule has 0 bridgehead atoms. The predicted octanol–water partition coefficient (Wildman–Crippen LogP) is 2.73. The van der Waals surface area contributed by atoms with E-state index < -0.39 is 11.6 Å². The van der Waals surface area contributed by atoms with Gasteiger partial charge >= 0.3 is 6.03 Å². The molecule has 7 nitrogen and oxygen atoms in total. The number of carbonyl (C=O) groups excluding carboxylic acids is 3. The van der Waals surface area contributed by atoms with Crippen LogP contribution in [-0.2, 0) is 11.4 Å². The number of nitrogens with zero attached hydrogens (tertiary/aromatic N) is 1.